The summed E-state index contributed by atoms with van der Waals surface area (Å²) in [6, 6.07) is 6.31. The summed E-state index contributed by atoms with van der Waals surface area (Å²) in [4.78, 5) is 25.3. The predicted octanol–water partition coefficient (Wildman–Crippen LogP) is 0.833. The Morgan fingerprint density at radius 2 is 2.05 bits per heavy atom. The van der Waals surface area contributed by atoms with Crippen LogP contribution in [0.4, 0.5) is 5.69 Å². The van der Waals surface area contributed by atoms with Gasteiger partial charge in [-0.3, -0.25) is 14.5 Å². The Morgan fingerprint density at radius 3 is 2.62 bits per heavy atom. The van der Waals surface area contributed by atoms with Crippen molar-refractivity contribution in [3.63, 3.8) is 0 Å². The number of carbonyl (C=O) groups is 2. The number of benzene rings is 1. The molecule has 0 aliphatic carbocycles. The van der Waals surface area contributed by atoms with E-state index in [0.29, 0.717) is 17.9 Å². The molecule has 3 N–H and O–H groups in total. The number of carbonyl (C=O) groups excluding carboxylic acids is 2. The Bertz CT molecular complexity index is 515. The SMILES string of the molecule is CC1CN(C(C)C(=O)Nc2ccc(C(N)=O)cc2)CCO1. The van der Waals surface area contributed by atoms with Crippen LogP contribution in [0.5, 0.6) is 0 Å². The summed E-state index contributed by atoms with van der Waals surface area (Å²) >= 11 is 0. The van der Waals surface area contributed by atoms with Gasteiger partial charge >= 0.3 is 0 Å². The molecule has 2 amide bonds. The van der Waals surface area contributed by atoms with E-state index >= 15 is 0 Å². The number of nitrogens with one attached hydrogen (secondary N) is 1. The van der Waals surface area contributed by atoms with Crippen molar-refractivity contribution in [3.05, 3.63) is 29.8 Å². The highest BCUT2D eigenvalue weighted by molar-refractivity contribution is 5.96. The molecule has 1 heterocycles. The van der Waals surface area contributed by atoms with Crippen LogP contribution in [0.3, 0.4) is 0 Å². The molecular weight excluding hydrogens is 270 g/mol. The molecule has 0 radical (unpaired) electrons. The number of hydrogen-bond donors (Lipinski definition) is 2. The molecule has 0 bridgehead atoms. The zero-order valence-electron chi connectivity index (χ0n) is 12.3. The molecule has 2 atom stereocenters. The zero-order chi connectivity index (χ0) is 15.4. The van der Waals surface area contributed by atoms with Crippen LogP contribution in [0.15, 0.2) is 24.3 Å². The summed E-state index contributed by atoms with van der Waals surface area (Å²) in [5.74, 6) is -0.556. The number of morpholine rings is 1. The van der Waals surface area contributed by atoms with Crippen LogP contribution in [-0.4, -0.2) is 48.6 Å². The molecule has 1 saturated heterocycles. The van der Waals surface area contributed by atoms with Gasteiger partial charge in [0, 0.05) is 24.3 Å². The number of amides is 2. The number of anilines is 1. The summed E-state index contributed by atoms with van der Waals surface area (Å²) in [6.07, 6.45) is 0.142. The minimum Gasteiger partial charge on any atom is -0.376 e. The van der Waals surface area contributed by atoms with Crippen molar-refractivity contribution in [2.45, 2.75) is 26.0 Å². The first-order valence-corrected chi connectivity index (χ1v) is 7.03. The van der Waals surface area contributed by atoms with Gasteiger partial charge in [0.2, 0.25) is 11.8 Å². The predicted molar refractivity (Wildman–Crippen MR) is 80.0 cm³/mol. The molecule has 6 heteroatoms. The lowest BCUT2D eigenvalue weighted by Crippen LogP contribution is -2.50. The second-order valence-corrected chi connectivity index (χ2v) is 5.28. The van der Waals surface area contributed by atoms with Crippen molar-refractivity contribution < 1.29 is 14.3 Å². The number of ether oxygens (including phenoxy) is 1. The maximum atomic E-state index is 12.3. The summed E-state index contributed by atoms with van der Waals surface area (Å²) < 4.78 is 5.47. The molecule has 1 aromatic rings. The van der Waals surface area contributed by atoms with E-state index in [1.165, 1.54) is 0 Å². The molecule has 2 unspecified atom stereocenters. The highest BCUT2D eigenvalue weighted by atomic mass is 16.5. The number of rotatable bonds is 4. The van der Waals surface area contributed by atoms with Crippen molar-refractivity contribution >= 4 is 17.5 Å². The molecule has 0 aromatic heterocycles. The van der Waals surface area contributed by atoms with E-state index in [9.17, 15) is 9.59 Å². The fourth-order valence-electron chi connectivity index (χ4n) is 2.33. The van der Waals surface area contributed by atoms with Gasteiger partial charge in [0.1, 0.15) is 0 Å². The Morgan fingerprint density at radius 1 is 1.38 bits per heavy atom. The van der Waals surface area contributed by atoms with Crippen LogP contribution in [-0.2, 0) is 9.53 Å². The number of nitrogens with zero attached hydrogens (tertiary/aromatic N) is 1. The minimum absolute atomic E-state index is 0.0732. The van der Waals surface area contributed by atoms with Crippen LogP contribution in [0, 0.1) is 0 Å². The second-order valence-electron chi connectivity index (χ2n) is 5.28. The van der Waals surface area contributed by atoms with Gasteiger partial charge in [0.05, 0.1) is 18.8 Å². The van der Waals surface area contributed by atoms with Crippen molar-refractivity contribution in [2.75, 3.05) is 25.0 Å². The molecule has 21 heavy (non-hydrogen) atoms. The van der Waals surface area contributed by atoms with Gasteiger partial charge in [-0.1, -0.05) is 0 Å². The average Bonchev–Trinajstić information content (AvgIpc) is 2.47. The first-order chi connectivity index (χ1) is 9.97. The van der Waals surface area contributed by atoms with Crippen molar-refractivity contribution in [1.82, 2.24) is 4.90 Å². The third-order valence-corrected chi connectivity index (χ3v) is 3.64. The first kappa shape index (κ1) is 15.5. The molecule has 2 rings (SSSR count). The average molecular weight is 291 g/mol. The Kier molecular flexibility index (Phi) is 4.93. The van der Waals surface area contributed by atoms with Gasteiger partial charge in [0.15, 0.2) is 0 Å². The molecule has 0 spiro atoms. The van der Waals surface area contributed by atoms with Crippen LogP contribution in [0.2, 0.25) is 0 Å². The fraction of sp³-hybridized carbons (Fsp3) is 0.467. The molecule has 1 aromatic carbocycles. The first-order valence-electron chi connectivity index (χ1n) is 7.03. The lowest BCUT2D eigenvalue weighted by molar-refractivity contribution is -0.123. The number of nitrogens with two attached hydrogens (primary N) is 1. The monoisotopic (exact) mass is 291 g/mol. The van der Waals surface area contributed by atoms with Crippen LogP contribution < -0.4 is 11.1 Å². The highest BCUT2D eigenvalue weighted by Gasteiger charge is 2.25. The Balaban J connectivity index is 1.95. The van der Waals surface area contributed by atoms with E-state index in [2.05, 4.69) is 10.2 Å². The molecule has 1 aliphatic rings. The third kappa shape index (κ3) is 4.03. The van der Waals surface area contributed by atoms with E-state index in [1.807, 2.05) is 13.8 Å². The maximum absolute atomic E-state index is 12.3. The molecule has 1 aliphatic heterocycles. The minimum atomic E-state index is -0.483. The van der Waals surface area contributed by atoms with E-state index < -0.39 is 5.91 Å². The van der Waals surface area contributed by atoms with Crippen LogP contribution in [0.1, 0.15) is 24.2 Å². The Labute approximate surface area is 124 Å². The lowest BCUT2D eigenvalue weighted by atomic mass is 10.1. The summed E-state index contributed by atoms with van der Waals surface area (Å²) in [5.41, 5.74) is 6.25. The fourth-order valence-corrected chi connectivity index (χ4v) is 2.33. The topological polar surface area (TPSA) is 84.7 Å². The van der Waals surface area contributed by atoms with Gasteiger partial charge in [-0.25, -0.2) is 0 Å². The van der Waals surface area contributed by atoms with Gasteiger partial charge in [-0.15, -0.1) is 0 Å². The maximum Gasteiger partial charge on any atom is 0.248 e. The third-order valence-electron chi connectivity index (χ3n) is 3.64. The molecule has 1 fully saturated rings. The van der Waals surface area contributed by atoms with E-state index in [1.54, 1.807) is 24.3 Å². The quantitative estimate of drug-likeness (QED) is 0.860. The van der Waals surface area contributed by atoms with Gasteiger partial charge < -0.3 is 15.8 Å². The molecular formula is C15H21N3O3. The van der Waals surface area contributed by atoms with E-state index in [4.69, 9.17) is 10.5 Å². The van der Waals surface area contributed by atoms with Crippen molar-refractivity contribution in [2.24, 2.45) is 5.73 Å². The number of hydrogen-bond acceptors (Lipinski definition) is 4. The highest BCUT2D eigenvalue weighted by Crippen LogP contribution is 2.13. The van der Waals surface area contributed by atoms with Gasteiger partial charge in [-0.2, -0.15) is 0 Å². The lowest BCUT2D eigenvalue weighted by Gasteiger charge is -2.34. The summed E-state index contributed by atoms with van der Waals surface area (Å²) in [6.45, 7) is 6.02. The van der Waals surface area contributed by atoms with Crippen LogP contribution >= 0.6 is 0 Å². The molecule has 114 valence electrons. The normalized spacial score (nSPS) is 20.8. The van der Waals surface area contributed by atoms with Crippen molar-refractivity contribution in [1.29, 1.82) is 0 Å². The van der Waals surface area contributed by atoms with E-state index in [0.717, 1.165) is 13.1 Å². The summed E-state index contributed by atoms with van der Waals surface area (Å²) in [5, 5.41) is 2.85. The standard InChI is InChI=1S/C15H21N3O3/c1-10-9-18(7-8-21-10)11(2)15(20)17-13-5-3-12(4-6-13)14(16)19/h3-6,10-11H,7-9H2,1-2H3,(H2,16,19)(H,17,20). The van der Waals surface area contributed by atoms with Gasteiger partial charge in [-0.05, 0) is 38.1 Å². The van der Waals surface area contributed by atoms with E-state index in [-0.39, 0.29) is 18.1 Å². The smallest absolute Gasteiger partial charge is 0.248 e. The van der Waals surface area contributed by atoms with Crippen LogP contribution in [0.25, 0.3) is 0 Å². The molecule has 0 saturated carbocycles. The Hall–Kier alpha value is -1.92. The second kappa shape index (κ2) is 6.69. The molecule has 6 nitrogen and oxygen atoms in total. The largest absolute Gasteiger partial charge is 0.376 e. The van der Waals surface area contributed by atoms with Gasteiger partial charge in [0.25, 0.3) is 0 Å². The zero-order valence-corrected chi connectivity index (χ0v) is 12.3. The van der Waals surface area contributed by atoms with Crippen molar-refractivity contribution in [3.8, 4) is 0 Å². The summed E-state index contributed by atoms with van der Waals surface area (Å²) in [7, 11) is 0. The number of primary amides is 1.